The van der Waals surface area contributed by atoms with E-state index in [9.17, 15) is 13.2 Å². The van der Waals surface area contributed by atoms with Crippen molar-refractivity contribution >= 4 is 49.2 Å². The molecule has 0 radical (unpaired) electrons. The van der Waals surface area contributed by atoms with Gasteiger partial charge in [0.2, 0.25) is 0 Å². The quantitative estimate of drug-likeness (QED) is 0.108. The normalized spacial score (nSPS) is 12.4. The molecule has 0 bridgehead atoms. The second-order valence-electron chi connectivity index (χ2n) is 9.83. The second-order valence-corrected chi connectivity index (χ2v) is 14.4. The van der Waals surface area contributed by atoms with Crippen LogP contribution in [0, 0.1) is 13.8 Å². The Hall–Kier alpha value is -3.05. The molecule has 42 heavy (non-hydrogen) atoms. The minimum Gasteiger partial charge on any atom is -0.497 e. The lowest BCUT2D eigenvalue weighted by Crippen LogP contribution is -2.36. The smallest absolute Gasteiger partial charge is 0.344 e. The SMILES string of the molecule is CCOC(=O)COc1ccc(S[C@H](CC)CN(Cc2ccc(OC)cc2)S(=O)(=O)c2sc3ccccc3c2C)cc1C. The van der Waals surface area contributed by atoms with Gasteiger partial charge in [-0.3, -0.25) is 0 Å². The Morgan fingerprint density at radius 3 is 2.40 bits per heavy atom. The number of methoxy groups -OCH3 is 1. The molecule has 0 fully saturated rings. The maximum Gasteiger partial charge on any atom is 0.344 e. The van der Waals surface area contributed by atoms with Gasteiger partial charge in [0, 0.05) is 27.9 Å². The number of ether oxygens (including phenoxy) is 3. The number of benzene rings is 3. The summed E-state index contributed by atoms with van der Waals surface area (Å²) in [6.45, 7) is 8.39. The van der Waals surface area contributed by atoms with Crippen molar-refractivity contribution < 1.29 is 27.4 Å². The number of hydrogen-bond donors (Lipinski definition) is 0. The first-order valence-electron chi connectivity index (χ1n) is 13.8. The van der Waals surface area contributed by atoms with E-state index < -0.39 is 16.0 Å². The summed E-state index contributed by atoms with van der Waals surface area (Å²) in [5.41, 5.74) is 2.56. The number of thiophene rings is 1. The number of aryl methyl sites for hydroxylation is 2. The van der Waals surface area contributed by atoms with Crippen LogP contribution in [0.4, 0.5) is 0 Å². The number of sulfonamides is 1. The summed E-state index contributed by atoms with van der Waals surface area (Å²) in [6, 6.07) is 21.1. The third kappa shape index (κ3) is 7.66. The van der Waals surface area contributed by atoms with E-state index in [-0.39, 0.29) is 18.4 Å². The number of hydrogen-bond acceptors (Lipinski definition) is 8. The van der Waals surface area contributed by atoms with Crippen molar-refractivity contribution in [3.8, 4) is 11.5 Å². The minimum absolute atomic E-state index is 0.00147. The third-order valence-corrected chi connectivity index (χ3v) is 11.9. The highest BCUT2D eigenvalue weighted by molar-refractivity contribution is 8.00. The summed E-state index contributed by atoms with van der Waals surface area (Å²) in [4.78, 5) is 12.7. The molecule has 0 spiro atoms. The number of carbonyl (C=O) groups excluding carboxylic acids is 1. The predicted octanol–water partition coefficient (Wildman–Crippen LogP) is 7.23. The average Bonchev–Trinajstić information content (AvgIpc) is 3.33. The highest BCUT2D eigenvalue weighted by Gasteiger charge is 2.31. The molecule has 0 unspecified atom stereocenters. The zero-order chi connectivity index (χ0) is 30.3. The van der Waals surface area contributed by atoms with Crippen molar-refractivity contribution in [1.82, 2.24) is 4.31 Å². The van der Waals surface area contributed by atoms with E-state index in [0.29, 0.717) is 23.1 Å². The van der Waals surface area contributed by atoms with Crippen LogP contribution in [-0.2, 0) is 26.1 Å². The Kier molecular flexibility index (Phi) is 10.9. The van der Waals surface area contributed by atoms with Crippen molar-refractivity contribution in [2.45, 2.75) is 55.0 Å². The van der Waals surface area contributed by atoms with Gasteiger partial charge in [-0.1, -0.05) is 37.3 Å². The minimum atomic E-state index is -3.80. The molecule has 1 aromatic heterocycles. The predicted molar refractivity (Wildman–Crippen MR) is 170 cm³/mol. The summed E-state index contributed by atoms with van der Waals surface area (Å²) in [7, 11) is -2.19. The molecule has 0 aliphatic rings. The fourth-order valence-corrected chi connectivity index (χ4v) is 9.23. The number of fused-ring (bicyclic) bond motifs is 1. The Bertz CT molecular complexity index is 1620. The van der Waals surface area contributed by atoms with E-state index >= 15 is 0 Å². The summed E-state index contributed by atoms with van der Waals surface area (Å²) >= 11 is 2.96. The molecule has 0 aliphatic heterocycles. The fourth-order valence-electron chi connectivity index (χ4n) is 4.56. The molecule has 1 atom stereocenters. The van der Waals surface area contributed by atoms with Gasteiger partial charge in [-0.05, 0) is 85.7 Å². The third-order valence-electron chi connectivity index (χ3n) is 6.85. The molecule has 0 saturated carbocycles. The van der Waals surface area contributed by atoms with E-state index in [1.165, 1.54) is 11.3 Å². The van der Waals surface area contributed by atoms with Gasteiger partial charge in [0.1, 0.15) is 15.7 Å². The van der Waals surface area contributed by atoms with Crippen LogP contribution in [0.25, 0.3) is 10.1 Å². The van der Waals surface area contributed by atoms with Gasteiger partial charge in [-0.2, -0.15) is 4.31 Å². The van der Waals surface area contributed by atoms with E-state index in [4.69, 9.17) is 14.2 Å². The van der Waals surface area contributed by atoms with Gasteiger partial charge in [0.25, 0.3) is 10.0 Å². The molecule has 0 amide bonds. The van der Waals surface area contributed by atoms with Gasteiger partial charge in [0.15, 0.2) is 6.61 Å². The van der Waals surface area contributed by atoms with Crippen molar-refractivity contribution in [1.29, 1.82) is 0 Å². The van der Waals surface area contributed by atoms with Crippen LogP contribution >= 0.6 is 23.1 Å². The molecule has 0 N–H and O–H groups in total. The largest absolute Gasteiger partial charge is 0.497 e. The Morgan fingerprint density at radius 2 is 1.76 bits per heavy atom. The maximum atomic E-state index is 14.3. The lowest BCUT2D eigenvalue weighted by atomic mass is 10.2. The molecule has 3 aromatic carbocycles. The molecule has 0 saturated heterocycles. The first kappa shape index (κ1) is 31.9. The number of carbonyl (C=O) groups is 1. The van der Waals surface area contributed by atoms with Gasteiger partial charge in [-0.15, -0.1) is 23.1 Å². The molecule has 10 heteroatoms. The Balaban J connectivity index is 1.59. The zero-order valence-electron chi connectivity index (χ0n) is 24.6. The molecule has 4 rings (SSSR count). The topological polar surface area (TPSA) is 82.1 Å². The molecular weight excluding hydrogens is 591 g/mol. The highest BCUT2D eigenvalue weighted by Crippen LogP contribution is 2.37. The average molecular weight is 628 g/mol. The monoisotopic (exact) mass is 627 g/mol. The Morgan fingerprint density at radius 1 is 1.02 bits per heavy atom. The Labute approximate surface area is 256 Å². The molecule has 4 aromatic rings. The molecule has 1 heterocycles. The van der Waals surface area contributed by atoms with Gasteiger partial charge in [-0.25, -0.2) is 13.2 Å². The van der Waals surface area contributed by atoms with Crippen molar-refractivity contribution in [3.05, 3.63) is 83.4 Å². The maximum absolute atomic E-state index is 14.3. The van der Waals surface area contributed by atoms with Crippen LogP contribution in [0.5, 0.6) is 11.5 Å². The first-order valence-corrected chi connectivity index (χ1v) is 17.0. The summed E-state index contributed by atoms with van der Waals surface area (Å²) in [5, 5.41) is 0.964. The van der Waals surface area contributed by atoms with E-state index in [2.05, 4.69) is 6.92 Å². The number of rotatable bonds is 14. The van der Waals surface area contributed by atoms with Crippen LogP contribution in [-0.4, -0.2) is 50.8 Å². The van der Waals surface area contributed by atoms with Crippen molar-refractivity contribution in [3.63, 3.8) is 0 Å². The van der Waals surface area contributed by atoms with E-state index in [0.717, 1.165) is 43.8 Å². The molecular formula is C32H37NO6S3. The molecule has 224 valence electrons. The fraction of sp³-hybridized carbons (Fsp3) is 0.344. The first-order chi connectivity index (χ1) is 20.2. The van der Waals surface area contributed by atoms with Crippen molar-refractivity contribution in [2.75, 3.05) is 26.9 Å². The zero-order valence-corrected chi connectivity index (χ0v) is 27.0. The van der Waals surface area contributed by atoms with Crippen molar-refractivity contribution in [2.24, 2.45) is 0 Å². The van der Waals surface area contributed by atoms with Crippen LogP contribution in [0.3, 0.4) is 0 Å². The van der Waals surface area contributed by atoms with E-state index in [1.807, 2.05) is 80.6 Å². The lowest BCUT2D eigenvalue weighted by molar-refractivity contribution is -0.145. The number of thioether (sulfide) groups is 1. The number of esters is 1. The summed E-state index contributed by atoms with van der Waals surface area (Å²) in [6.07, 6.45) is 0.769. The second kappa shape index (κ2) is 14.4. The standard InChI is InChI=1S/C32H37NO6S3/c1-6-26(40-27-16-17-29(22(3)18-27)39-21-31(34)38-7-2)20-33(19-24-12-14-25(37-5)15-13-24)42(35,36)32-23(4)28-10-8-9-11-30(28)41-32/h8-18,26H,6-7,19-21H2,1-5H3/t26-/m1/s1. The molecule has 0 aliphatic carbocycles. The summed E-state index contributed by atoms with van der Waals surface area (Å²) < 4.78 is 47.4. The van der Waals surface area contributed by atoms with Crippen LogP contribution in [0.15, 0.2) is 75.8 Å². The van der Waals surface area contributed by atoms with Gasteiger partial charge in [0.05, 0.1) is 13.7 Å². The van der Waals surface area contributed by atoms with Crippen LogP contribution in [0.2, 0.25) is 0 Å². The highest BCUT2D eigenvalue weighted by atomic mass is 32.2. The van der Waals surface area contributed by atoms with E-state index in [1.54, 1.807) is 30.1 Å². The number of nitrogens with zero attached hydrogens (tertiary/aromatic N) is 1. The van der Waals surface area contributed by atoms with Crippen LogP contribution < -0.4 is 9.47 Å². The van der Waals surface area contributed by atoms with Crippen LogP contribution in [0.1, 0.15) is 37.0 Å². The lowest BCUT2D eigenvalue weighted by Gasteiger charge is -2.26. The molecule has 7 nitrogen and oxygen atoms in total. The summed E-state index contributed by atoms with van der Waals surface area (Å²) in [5.74, 6) is 0.929. The van der Waals surface area contributed by atoms with Gasteiger partial charge >= 0.3 is 5.97 Å². The van der Waals surface area contributed by atoms with Gasteiger partial charge < -0.3 is 14.2 Å².